The lowest BCUT2D eigenvalue weighted by Crippen LogP contribution is -2.39. The first-order valence-corrected chi connectivity index (χ1v) is 9.33. The zero-order valence-corrected chi connectivity index (χ0v) is 17.6. The predicted octanol–water partition coefficient (Wildman–Crippen LogP) is 2.33. The van der Waals surface area contributed by atoms with Crippen molar-refractivity contribution in [2.24, 2.45) is 4.99 Å². The Kier molecular flexibility index (Phi) is 9.64. The van der Waals surface area contributed by atoms with Gasteiger partial charge >= 0.3 is 6.09 Å². The van der Waals surface area contributed by atoms with Crippen molar-refractivity contribution in [1.29, 1.82) is 0 Å². The largest absolute Gasteiger partial charge is 0.444 e. The van der Waals surface area contributed by atoms with Crippen LogP contribution < -0.4 is 16.0 Å². The lowest BCUT2D eigenvalue weighted by Gasteiger charge is -2.19. The first-order chi connectivity index (χ1) is 12.7. The monoisotopic (exact) mass is 377 g/mol. The molecule has 7 heteroatoms. The number of ether oxygens (including phenoxy) is 1. The molecule has 1 aromatic carbocycles. The van der Waals surface area contributed by atoms with E-state index in [1.807, 2.05) is 20.8 Å². The summed E-state index contributed by atoms with van der Waals surface area (Å²) in [5, 5.41) is 9.30. The maximum absolute atomic E-state index is 11.6. The average molecular weight is 378 g/mol. The number of guanidine groups is 1. The van der Waals surface area contributed by atoms with Gasteiger partial charge in [-0.1, -0.05) is 24.3 Å². The van der Waals surface area contributed by atoms with Crippen LogP contribution in [0.25, 0.3) is 0 Å². The lowest BCUT2D eigenvalue weighted by molar-refractivity contribution is 0.0527. The fourth-order valence-corrected chi connectivity index (χ4v) is 2.41. The second-order valence-electron chi connectivity index (χ2n) is 7.69. The number of aliphatic imine (C=N–C) groups is 1. The minimum Gasteiger partial charge on any atom is -0.444 e. The van der Waals surface area contributed by atoms with Crippen molar-refractivity contribution in [1.82, 2.24) is 20.9 Å². The van der Waals surface area contributed by atoms with E-state index >= 15 is 0 Å². The minimum atomic E-state index is -0.474. The van der Waals surface area contributed by atoms with E-state index in [1.54, 1.807) is 7.05 Å². The van der Waals surface area contributed by atoms with E-state index in [0.717, 1.165) is 18.9 Å². The summed E-state index contributed by atoms with van der Waals surface area (Å²) in [6.45, 7) is 8.42. The summed E-state index contributed by atoms with van der Waals surface area (Å²) in [5.74, 6) is 0.741. The molecule has 152 valence electrons. The molecule has 0 aromatic heterocycles. The number of hydrogen-bond donors (Lipinski definition) is 3. The molecular weight excluding hydrogens is 342 g/mol. The Morgan fingerprint density at radius 2 is 1.78 bits per heavy atom. The molecular formula is C20H35N5O2. The van der Waals surface area contributed by atoms with Crippen LogP contribution >= 0.6 is 0 Å². The van der Waals surface area contributed by atoms with Crippen LogP contribution in [0.2, 0.25) is 0 Å². The third kappa shape index (κ3) is 11.1. The van der Waals surface area contributed by atoms with Crippen LogP contribution in [0.3, 0.4) is 0 Å². The molecule has 0 atom stereocenters. The van der Waals surface area contributed by atoms with Gasteiger partial charge in [0.05, 0.1) is 0 Å². The van der Waals surface area contributed by atoms with Crippen LogP contribution in [0.1, 0.15) is 38.3 Å². The van der Waals surface area contributed by atoms with Gasteiger partial charge in [0.15, 0.2) is 5.96 Å². The van der Waals surface area contributed by atoms with Crippen LogP contribution in [-0.4, -0.2) is 56.8 Å². The van der Waals surface area contributed by atoms with E-state index in [4.69, 9.17) is 4.74 Å². The third-order valence-electron chi connectivity index (χ3n) is 3.49. The Hall–Kier alpha value is -2.28. The van der Waals surface area contributed by atoms with Crippen molar-refractivity contribution < 1.29 is 9.53 Å². The molecule has 27 heavy (non-hydrogen) atoms. The summed E-state index contributed by atoms with van der Waals surface area (Å²) < 4.78 is 5.20. The molecule has 7 nitrogen and oxygen atoms in total. The number of carbonyl (C=O) groups is 1. The highest BCUT2D eigenvalue weighted by atomic mass is 16.6. The number of hydrogen-bond acceptors (Lipinski definition) is 4. The highest BCUT2D eigenvalue weighted by Crippen LogP contribution is 2.07. The van der Waals surface area contributed by atoms with Gasteiger partial charge in [-0.2, -0.15) is 0 Å². The number of nitrogens with zero attached hydrogens (tertiary/aromatic N) is 2. The van der Waals surface area contributed by atoms with E-state index in [9.17, 15) is 4.79 Å². The fraction of sp³-hybridized carbons (Fsp3) is 0.600. The van der Waals surface area contributed by atoms with Gasteiger partial charge in [0, 0.05) is 33.2 Å². The molecule has 0 fully saturated rings. The Bertz CT molecular complexity index is 609. The number of amides is 1. The van der Waals surface area contributed by atoms with Crippen molar-refractivity contribution >= 4 is 12.1 Å². The van der Waals surface area contributed by atoms with Gasteiger partial charge < -0.3 is 25.6 Å². The molecule has 0 spiro atoms. The quantitative estimate of drug-likeness (QED) is 0.368. The van der Waals surface area contributed by atoms with Crippen molar-refractivity contribution in [3.8, 4) is 0 Å². The summed E-state index contributed by atoms with van der Waals surface area (Å²) in [7, 11) is 5.87. The number of carbonyl (C=O) groups excluding carboxylic acids is 1. The molecule has 0 aliphatic rings. The average Bonchev–Trinajstić information content (AvgIpc) is 2.55. The summed E-state index contributed by atoms with van der Waals surface area (Å²) in [6.07, 6.45) is 0.390. The van der Waals surface area contributed by atoms with Gasteiger partial charge in [0.2, 0.25) is 0 Å². The van der Waals surface area contributed by atoms with Crippen LogP contribution in [0.5, 0.6) is 0 Å². The van der Waals surface area contributed by atoms with Gasteiger partial charge in [-0.05, 0) is 52.4 Å². The Labute approximate surface area is 163 Å². The smallest absolute Gasteiger partial charge is 0.407 e. The molecule has 0 saturated carbocycles. The van der Waals surface area contributed by atoms with Gasteiger partial charge in [-0.15, -0.1) is 0 Å². The molecule has 1 aromatic rings. The molecule has 0 bridgehead atoms. The summed E-state index contributed by atoms with van der Waals surface area (Å²) in [5.41, 5.74) is 2.03. The van der Waals surface area contributed by atoms with E-state index in [-0.39, 0.29) is 6.09 Å². The predicted molar refractivity (Wildman–Crippen MR) is 111 cm³/mol. The first kappa shape index (κ1) is 22.8. The number of alkyl carbamates (subject to hydrolysis) is 1. The summed E-state index contributed by atoms with van der Waals surface area (Å²) >= 11 is 0. The van der Waals surface area contributed by atoms with E-state index in [2.05, 4.69) is 64.2 Å². The summed E-state index contributed by atoms with van der Waals surface area (Å²) in [6, 6.07) is 8.51. The molecule has 3 N–H and O–H groups in total. The highest BCUT2D eigenvalue weighted by Gasteiger charge is 2.15. The number of rotatable bonds is 8. The standard InChI is InChI=1S/C20H35N5O2/c1-20(2,3)27-19(26)23-12-8-11-22-18(21-4)24-14-16-9-7-10-17(13-16)15-25(5)6/h7,9-10,13H,8,11-12,14-15H2,1-6H3,(H,23,26)(H2,21,22,24). The minimum absolute atomic E-state index is 0.386. The molecule has 0 radical (unpaired) electrons. The van der Waals surface area contributed by atoms with Crippen LogP contribution in [0, 0.1) is 0 Å². The fourth-order valence-electron chi connectivity index (χ4n) is 2.41. The zero-order chi connectivity index (χ0) is 20.3. The lowest BCUT2D eigenvalue weighted by atomic mass is 10.1. The van der Waals surface area contributed by atoms with Crippen molar-refractivity contribution in [2.75, 3.05) is 34.2 Å². The summed E-state index contributed by atoms with van der Waals surface area (Å²) in [4.78, 5) is 18.0. The normalized spacial score (nSPS) is 12.0. The number of benzene rings is 1. The van der Waals surface area contributed by atoms with Crippen molar-refractivity contribution in [3.63, 3.8) is 0 Å². The van der Waals surface area contributed by atoms with E-state index in [0.29, 0.717) is 19.6 Å². The van der Waals surface area contributed by atoms with Crippen molar-refractivity contribution in [3.05, 3.63) is 35.4 Å². The van der Waals surface area contributed by atoms with Gasteiger partial charge in [0.25, 0.3) is 0 Å². The van der Waals surface area contributed by atoms with Crippen molar-refractivity contribution in [2.45, 2.75) is 45.9 Å². The Morgan fingerprint density at radius 3 is 2.41 bits per heavy atom. The maximum Gasteiger partial charge on any atom is 0.407 e. The molecule has 0 heterocycles. The molecule has 1 amide bonds. The van der Waals surface area contributed by atoms with Gasteiger partial charge in [-0.3, -0.25) is 4.99 Å². The topological polar surface area (TPSA) is 78.0 Å². The molecule has 0 aliphatic heterocycles. The maximum atomic E-state index is 11.6. The van der Waals surface area contributed by atoms with Crippen LogP contribution in [-0.2, 0) is 17.8 Å². The molecule has 0 saturated heterocycles. The SMILES string of the molecule is CN=C(NCCCNC(=O)OC(C)(C)C)NCc1cccc(CN(C)C)c1. The first-order valence-electron chi connectivity index (χ1n) is 9.33. The molecule has 1 rings (SSSR count). The number of nitrogens with one attached hydrogen (secondary N) is 3. The Balaban J connectivity index is 2.28. The van der Waals surface area contributed by atoms with E-state index in [1.165, 1.54) is 11.1 Å². The van der Waals surface area contributed by atoms with Crippen LogP contribution in [0.4, 0.5) is 4.79 Å². The van der Waals surface area contributed by atoms with Gasteiger partial charge in [0.1, 0.15) is 5.60 Å². The third-order valence-corrected chi connectivity index (χ3v) is 3.49. The second kappa shape index (κ2) is 11.4. The van der Waals surface area contributed by atoms with Gasteiger partial charge in [-0.25, -0.2) is 4.79 Å². The molecule has 0 aliphatic carbocycles. The zero-order valence-electron chi connectivity index (χ0n) is 17.6. The van der Waals surface area contributed by atoms with E-state index < -0.39 is 5.60 Å². The Morgan fingerprint density at radius 1 is 1.11 bits per heavy atom. The second-order valence-corrected chi connectivity index (χ2v) is 7.69. The van der Waals surface area contributed by atoms with Crippen LogP contribution in [0.15, 0.2) is 29.3 Å². The highest BCUT2D eigenvalue weighted by molar-refractivity contribution is 5.79. The molecule has 0 unspecified atom stereocenters.